The summed E-state index contributed by atoms with van der Waals surface area (Å²) < 4.78 is 10.4. The third kappa shape index (κ3) is 6.59. The molecule has 0 saturated heterocycles. The second kappa shape index (κ2) is 9.56. The predicted octanol–water partition coefficient (Wildman–Crippen LogP) is 3.18. The molecule has 0 bridgehead atoms. The van der Waals surface area contributed by atoms with Crippen LogP contribution in [0.15, 0.2) is 18.2 Å². The van der Waals surface area contributed by atoms with Crippen LogP contribution in [0.4, 0.5) is 0 Å². The highest BCUT2D eigenvalue weighted by Gasteiger charge is 2.10. The molecule has 0 saturated carbocycles. The Hall–Kier alpha value is -0.320. The molecule has 5 heteroatoms. The molecule has 1 aromatic rings. The summed E-state index contributed by atoms with van der Waals surface area (Å²) in [6.45, 7) is 1.96. The number of methoxy groups -OCH3 is 1. The Morgan fingerprint density at radius 1 is 1.21 bits per heavy atom. The summed E-state index contributed by atoms with van der Waals surface area (Å²) in [7, 11) is 3.61. The minimum Gasteiger partial charge on any atom is -0.382 e. The van der Waals surface area contributed by atoms with Gasteiger partial charge in [0.15, 0.2) is 0 Å². The third-order valence-electron chi connectivity index (χ3n) is 2.92. The lowest BCUT2D eigenvalue weighted by Gasteiger charge is -2.17. The molecule has 0 heterocycles. The van der Waals surface area contributed by atoms with Crippen molar-refractivity contribution in [3.05, 3.63) is 33.8 Å². The van der Waals surface area contributed by atoms with Gasteiger partial charge in [0.1, 0.15) is 0 Å². The molecule has 1 N–H and O–H groups in total. The zero-order valence-electron chi connectivity index (χ0n) is 11.4. The molecule has 0 aliphatic rings. The molecule has 0 amide bonds. The number of nitrogens with one attached hydrogen (secondary N) is 1. The fourth-order valence-electron chi connectivity index (χ4n) is 1.78. The van der Waals surface area contributed by atoms with E-state index in [1.807, 2.05) is 19.2 Å². The van der Waals surface area contributed by atoms with Crippen LogP contribution in [-0.2, 0) is 15.9 Å². The minimum atomic E-state index is 0.318. The van der Waals surface area contributed by atoms with Gasteiger partial charge in [-0.3, -0.25) is 0 Å². The van der Waals surface area contributed by atoms with Crippen LogP contribution in [0.1, 0.15) is 12.0 Å². The highest BCUT2D eigenvalue weighted by atomic mass is 35.5. The lowest BCUT2D eigenvalue weighted by molar-refractivity contribution is 0.0661. The van der Waals surface area contributed by atoms with Crippen LogP contribution in [0.3, 0.4) is 0 Å². The topological polar surface area (TPSA) is 30.5 Å². The predicted molar refractivity (Wildman–Crippen MR) is 80.3 cm³/mol. The summed E-state index contributed by atoms with van der Waals surface area (Å²) >= 11 is 12.2. The van der Waals surface area contributed by atoms with E-state index in [1.54, 1.807) is 13.2 Å². The van der Waals surface area contributed by atoms with Crippen LogP contribution in [0, 0.1) is 0 Å². The number of likely N-dealkylation sites (N-methyl/N-ethyl adjacent to an activating group) is 1. The second-order valence-electron chi connectivity index (χ2n) is 4.32. The first-order valence-electron chi connectivity index (χ1n) is 6.35. The Balaban J connectivity index is 2.41. The third-order valence-corrected chi connectivity index (χ3v) is 3.53. The van der Waals surface area contributed by atoms with E-state index in [-0.39, 0.29) is 0 Å². The van der Waals surface area contributed by atoms with Gasteiger partial charge in [-0.25, -0.2) is 0 Å². The molecular weight excluding hydrogens is 285 g/mol. The fraction of sp³-hybridized carbons (Fsp3) is 0.571. The molecule has 1 rings (SSSR count). The quantitative estimate of drug-likeness (QED) is 0.711. The number of hydrogen-bond donors (Lipinski definition) is 1. The van der Waals surface area contributed by atoms with E-state index >= 15 is 0 Å². The van der Waals surface area contributed by atoms with Crippen molar-refractivity contribution in [3.8, 4) is 0 Å². The molecule has 0 aliphatic heterocycles. The van der Waals surface area contributed by atoms with Crippen molar-refractivity contribution in [2.45, 2.75) is 18.9 Å². The highest BCUT2D eigenvalue weighted by Crippen LogP contribution is 2.22. The number of rotatable bonds is 9. The van der Waals surface area contributed by atoms with Gasteiger partial charge in [0.05, 0.1) is 13.2 Å². The molecule has 0 spiro atoms. The zero-order chi connectivity index (χ0) is 14.1. The van der Waals surface area contributed by atoms with Crippen molar-refractivity contribution in [1.82, 2.24) is 5.32 Å². The Morgan fingerprint density at radius 2 is 2.00 bits per heavy atom. The van der Waals surface area contributed by atoms with Crippen LogP contribution in [-0.4, -0.2) is 40.0 Å². The fourth-order valence-corrected chi connectivity index (χ4v) is 2.17. The molecule has 0 aliphatic carbocycles. The van der Waals surface area contributed by atoms with Crippen molar-refractivity contribution in [2.24, 2.45) is 0 Å². The number of benzene rings is 1. The average Bonchev–Trinajstić information content (AvgIpc) is 2.41. The van der Waals surface area contributed by atoms with Crippen molar-refractivity contribution >= 4 is 23.2 Å². The van der Waals surface area contributed by atoms with Gasteiger partial charge in [-0.1, -0.05) is 23.2 Å². The molecule has 19 heavy (non-hydrogen) atoms. The summed E-state index contributed by atoms with van der Waals surface area (Å²) in [6, 6.07) is 5.87. The molecule has 1 aromatic carbocycles. The summed E-state index contributed by atoms with van der Waals surface area (Å²) in [4.78, 5) is 0. The Morgan fingerprint density at radius 3 is 2.68 bits per heavy atom. The maximum Gasteiger partial charge on any atom is 0.0700 e. The molecule has 1 unspecified atom stereocenters. The molecule has 108 valence electrons. The number of ether oxygens (including phenoxy) is 2. The van der Waals surface area contributed by atoms with E-state index < -0.39 is 0 Å². The first-order chi connectivity index (χ1) is 9.17. The van der Waals surface area contributed by atoms with Crippen LogP contribution >= 0.6 is 23.2 Å². The van der Waals surface area contributed by atoms with E-state index in [0.29, 0.717) is 30.9 Å². The molecular formula is C14H21Cl2NO2. The van der Waals surface area contributed by atoms with E-state index in [9.17, 15) is 0 Å². The van der Waals surface area contributed by atoms with Gasteiger partial charge in [-0.2, -0.15) is 0 Å². The maximum atomic E-state index is 6.17. The van der Waals surface area contributed by atoms with E-state index in [0.717, 1.165) is 23.4 Å². The largest absolute Gasteiger partial charge is 0.382 e. The van der Waals surface area contributed by atoms with Crippen LogP contribution < -0.4 is 5.32 Å². The van der Waals surface area contributed by atoms with Crippen molar-refractivity contribution < 1.29 is 9.47 Å². The smallest absolute Gasteiger partial charge is 0.0700 e. The van der Waals surface area contributed by atoms with Gasteiger partial charge in [-0.05, 0) is 43.7 Å². The van der Waals surface area contributed by atoms with Gasteiger partial charge in [0.2, 0.25) is 0 Å². The lowest BCUT2D eigenvalue weighted by Crippen LogP contribution is -2.29. The van der Waals surface area contributed by atoms with Crippen molar-refractivity contribution in [3.63, 3.8) is 0 Å². The molecule has 0 radical (unpaired) electrons. The average molecular weight is 306 g/mol. The lowest BCUT2D eigenvalue weighted by atomic mass is 10.0. The summed E-state index contributed by atoms with van der Waals surface area (Å²) in [5, 5.41) is 4.74. The van der Waals surface area contributed by atoms with Crippen LogP contribution in [0.2, 0.25) is 10.0 Å². The minimum absolute atomic E-state index is 0.318. The zero-order valence-corrected chi connectivity index (χ0v) is 12.9. The maximum absolute atomic E-state index is 6.17. The Labute approximate surface area is 125 Å². The van der Waals surface area contributed by atoms with Gasteiger partial charge in [0, 0.05) is 29.8 Å². The standard InChI is InChI=1S/C14H21Cl2NO2/c1-17-13(5-6-19-8-7-18-2)10-11-9-12(15)3-4-14(11)16/h3-4,9,13,17H,5-8,10H2,1-2H3. The Bertz CT molecular complexity index is 374. The van der Waals surface area contributed by atoms with Crippen molar-refractivity contribution in [1.29, 1.82) is 0 Å². The normalized spacial score (nSPS) is 12.6. The SMILES string of the molecule is CNC(CCOCCOC)Cc1cc(Cl)ccc1Cl. The number of hydrogen-bond acceptors (Lipinski definition) is 3. The summed E-state index contributed by atoms with van der Waals surface area (Å²) in [5.41, 5.74) is 1.06. The monoisotopic (exact) mass is 305 g/mol. The van der Waals surface area contributed by atoms with Gasteiger partial charge >= 0.3 is 0 Å². The first-order valence-corrected chi connectivity index (χ1v) is 7.10. The van der Waals surface area contributed by atoms with Gasteiger partial charge in [0.25, 0.3) is 0 Å². The number of halogens is 2. The van der Waals surface area contributed by atoms with Gasteiger partial charge < -0.3 is 14.8 Å². The van der Waals surface area contributed by atoms with E-state index in [2.05, 4.69) is 5.32 Å². The molecule has 1 atom stereocenters. The van der Waals surface area contributed by atoms with E-state index in [1.165, 1.54) is 0 Å². The second-order valence-corrected chi connectivity index (χ2v) is 5.16. The summed E-state index contributed by atoms with van der Waals surface area (Å²) in [6.07, 6.45) is 1.76. The Kier molecular flexibility index (Phi) is 8.42. The first kappa shape index (κ1) is 16.7. The summed E-state index contributed by atoms with van der Waals surface area (Å²) in [5.74, 6) is 0. The van der Waals surface area contributed by atoms with Gasteiger partial charge in [-0.15, -0.1) is 0 Å². The van der Waals surface area contributed by atoms with Crippen molar-refractivity contribution in [2.75, 3.05) is 34.0 Å². The van der Waals surface area contributed by atoms with Crippen LogP contribution in [0.25, 0.3) is 0 Å². The van der Waals surface area contributed by atoms with E-state index in [4.69, 9.17) is 32.7 Å². The molecule has 0 aromatic heterocycles. The molecule has 0 fully saturated rings. The molecule has 3 nitrogen and oxygen atoms in total. The highest BCUT2D eigenvalue weighted by molar-refractivity contribution is 6.33. The van der Waals surface area contributed by atoms with Crippen LogP contribution in [0.5, 0.6) is 0 Å².